The highest BCUT2D eigenvalue weighted by molar-refractivity contribution is 5.72. The Kier molecular flexibility index (Phi) is 4.34. The number of aryl methyl sites for hydroxylation is 2. The van der Waals surface area contributed by atoms with E-state index in [4.69, 9.17) is 10.5 Å². The maximum Gasteiger partial charge on any atom is 0.160 e. The van der Waals surface area contributed by atoms with Crippen LogP contribution in [0, 0.1) is 6.92 Å². The molecule has 2 N–H and O–H groups in total. The van der Waals surface area contributed by atoms with E-state index in [9.17, 15) is 0 Å². The number of nitrogens with zero attached hydrogens (tertiary/aromatic N) is 3. The van der Waals surface area contributed by atoms with Gasteiger partial charge in [-0.15, -0.1) is 0 Å². The second-order valence-corrected chi connectivity index (χ2v) is 5.28. The first kappa shape index (κ1) is 14.5. The molecule has 0 saturated carbocycles. The van der Waals surface area contributed by atoms with E-state index in [1.165, 1.54) is 0 Å². The molecular formula is C17H20N4O. The first-order valence-electron chi connectivity index (χ1n) is 7.47. The Labute approximate surface area is 129 Å². The molecule has 5 heteroatoms. The minimum Gasteiger partial charge on any atom is -0.486 e. The van der Waals surface area contributed by atoms with Gasteiger partial charge in [-0.2, -0.15) is 0 Å². The lowest BCUT2D eigenvalue weighted by atomic mass is 10.3. The molecule has 0 saturated heterocycles. The number of ether oxygens (including phenoxy) is 1. The summed E-state index contributed by atoms with van der Waals surface area (Å²) in [5.41, 5.74) is 8.55. The van der Waals surface area contributed by atoms with E-state index < -0.39 is 0 Å². The van der Waals surface area contributed by atoms with Gasteiger partial charge in [0.15, 0.2) is 5.65 Å². The van der Waals surface area contributed by atoms with Crippen LogP contribution < -0.4 is 10.5 Å². The third-order valence-electron chi connectivity index (χ3n) is 3.50. The number of para-hydroxylation sites is 1. The first-order chi connectivity index (χ1) is 10.8. The standard InChI is InChI=1S/C17H20N4O/c1-13-10-15-17(19-11-13)21(9-5-8-18)16(20-15)12-22-14-6-3-2-4-7-14/h2-4,6-7,10-11H,5,8-9,12,18H2,1H3. The van der Waals surface area contributed by atoms with Crippen LogP contribution in [-0.2, 0) is 13.2 Å². The van der Waals surface area contributed by atoms with E-state index >= 15 is 0 Å². The van der Waals surface area contributed by atoms with Crippen molar-refractivity contribution in [3.05, 3.63) is 54.0 Å². The number of pyridine rings is 1. The summed E-state index contributed by atoms with van der Waals surface area (Å²) >= 11 is 0. The number of benzene rings is 1. The zero-order valence-corrected chi connectivity index (χ0v) is 12.7. The molecule has 114 valence electrons. The molecule has 0 unspecified atom stereocenters. The number of imidazole rings is 1. The fourth-order valence-electron chi connectivity index (χ4n) is 2.42. The maximum absolute atomic E-state index is 5.83. The Hall–Kier alpha value is -2.40. The molecule has 0 atom stereocenters. The topological polar surface area (TPSA) is 66.0 Å². The summed E-state index contributed by atoms with van der Waals surface area (Å²) in [5.74, 6) is 1.72. The van der Waals surface area contributed by atoms with Crippen molar-refractivity contribution in [3.63, 3.8) is 0 Å². The first-order valence-corrected chi connectivity index (χ1v) is 7.47. The Bertz CT molecular complexity index is 752. The van der Waals surface area contributed by atoms with E-state index in [0.717, 1.165) is 41.3 Å². The van der Waals surface area contributed by atoms with Crippen molar-refractivity contribution in [2.75, 3.05) is 6.54 Å². The fourth-order valence-corrected chi connectivity index (χ4v) is 2.42. The van der Waals surface area contributed by atoms with Crippen LogP contribution in [-0.4, -0.2) is 21.1 Å². The highest BCUT2D eigenvalue weighted by atomic mass is 16.5. The molecule has 0 bridgehead atoms. The monoisotopic (exact) mass is 296 g/mol. The average Bonchev–Trinajstić information content (AvgIpc) is 2.88. The van der Waals surface area contributed by atoms with Crippen LogP contribution in [0.4, 0.5) is 0 Å². The van der Waals surface area contributed by atoms with E-state index in [-0.39, 0.29) is 0 Å². The Balaban J connectivity index is 1.89. The van der Waals surface area contributed by atoms with Crippen LogP contribution in [0.2, 0.25) is 0 Å². The molecule has 0 radical (unpaired) electrons. The van der Waals surface area contributed by atoms with Crippen molar-refractivity contribution in [1.82, 2.24) is 14.5 Å². The van der Waals surface area contributed by atoms with Crippen LogP contribution in [0.3, 0.4) is 0 Å². The molecule has 0 aliphatic carbocycles. The Morgan fingerprint density at radius 3 is 2.82 bits per heavy atom. The lowest BCUT2D eigenvalue weighted by molar-refractivity contribution is 0.289. The van der Waals surface area contributed by atoms with Crippen molar-refractivity contribution < 1.29 is 4.74 Å². The summed E-state index contributed by atoms with van der Waals surface area (Å²) in [6, 6.07) is 11.8. The number of fused-ring (bicyclic) bond motifs is 1. The predicted molar refractivity (Wildman–Crippen MR) is 86.7 cm³/mol. The highest BCUT2D eigenvalue weighted by Gasteiger charge is 2.12. The van der Waals surface area contributed by atoms with Gasteiger partial charge in [0, 0.05) is 12.7 Å². The quantitative estimate of drug-likeness (QED) is 0.759. The van der Waals surface area contributed by atoms with Crippen molar-refractivity contribution in [3.8, 4) is 5.75 Å². The second-order valence-electron chi connectivity index (χ2n) is 5.28. The van der Waals surface area contributed by atoms with Gasteiger partial charge < -0.3 is 15.0 Å². The molecule has 2 heterocycles. The van der Waals surface area contributed by atoms with E-state index in [2.05, 4.69) is 14.5 Å². The molecule has 3 aromatic rings. The molecule has 5 nitrogen and oxygen atoms in total. The Morgan fingerprint density at radius 2 is 2.05 bits per heavy atom. The van der Waals surface area contributed by atoms with Gasteiger partial charge in [0.05, 0.1) is 0 Å². The van der Waals surface area contributed by atoms with Crippen molar-refractivity contribution >= 4 is 11.2 Å². The predicted octanol–water partition coefficient (Wildman–Crippen LogP) is 2.67. The smallest absolute Gasteiger partial charge is 0.160 e. The minimum absolute atomic E-state index is 0.421. The SMILES string of the molecule is Cc1cnc2c(c1)nc(COc1ccccc1)n2CCCN. The molecular weight excluding hydrogens is 276 g/mol. The molecule has 0 amide bonds. The van der Waals surface area contributed by atoms with Gasteiger partial charge in [-0.05, 0) is 43.7 Å². The number of aromatic nitrogens is 3. The molecule has 0 spiro atoms. The van der Waals surface area contributed by atoms with Gasteiger partial charge in [0.2, 0.25) is 0 Å². The van der Waals surface area contributed by atoms with Crippen molar-refractivity contribution in [2.45, 2.75) is 26.5 Å². The van der Waals surface area contributed by atoms with Gasteiger partial charge in [0.1, 0.15) is 23.7 Å². The molecule has 0 aliphatic heterocycles. The van der Waals surface area contributed by atoms with Crippen LogP contribution in [0.1, 0.15) is 17.8 Å². The Morgan fingerprint density at radius 1 is 1.23 bits per heavy atom. The largest absolute Gasteiger partial charge is 0.486 e. The third kappa shape index (κ3) is 3.09. The lowest BCUT2D eigenvalue weighted by Crippen LogP contribution is -2.11. The van der Waals surface area contributed by atoms with Crippen LogP contribution in [0.15, 0.2) is 42.6 Å². The molecule has 22 heavy (non-hydrogen) atoms. The summed E-state index contributed by atoms with van der Waals surface area (Å²) in [6.07, 6.45) is 2.75. The minimum atomic E-state index is 0.421. The normalized spacial score (nSPS) is 11.0. The lowest BCUT2D eigenvalue weighted by Gasteiger charge is -2.09. The number of hydrogen-bond acceptors (Lipinski definition) is 4. The van der Waals surface area contributed by atoms with Crippen molar-refractivity contribution in [2.24, 2.45) is 5.73 Å². The third-order valence-corrected chi connectivity index (χ3v) is 3.50. The molecule has 0 aliphatic rings. The zero-order chi connectivity index (χ0) is 15.4. The fraction of sp³-hybridized carbons (Fsp3) is 0.294. The number of rotatable bonds is 6. The molecule has 1 aromatic carbocycles. The summed E-state index contributed by atoms with van der Waals surface area (Å²) in [4.78, 5) is 9.19. The van der Waals surface area contributed by atoms with Gasteiger partial charge in [-0.1, -0.05) is 18.2 Å². The maximum atomic E-state index is 5.83. The van der Waals surface area contributed by atoms with Crippen LogP contribution >= 0.6 is 0 Å². The zero-order valence-electron chi connectivity index (χ0n) is 12.7. The van der Waals surface area contributed by atoms with Crippen LogP contribution in [0.5, 0.6) is 5.75 Å². The van der Waals surface area contributed by atoms with Gasteiger partial charge in [-0.3, -0.25) is 0 Å². The van der Waals surface area contributed by atoms with Gasteiger partial charge in [-0.25, -0.2) is 9.97 Å². The summed E-state index contributed by atoms with van der Waals surface area (Å²) < 4.78 is 7.93. The second kappa shape index (κ2) is 6.58. The van der Waals surface area contributed by atoms with Gasteiger partial charge >= 0.3 is 0 Å². The van der Waals surface area contributed by atoms with E-state index in [0.29, 0.717) is 13.2 Å². The summed E-state index contributed by atoms with van der Waals surface area (Å²) in [7, 11) is 0. The molecule has 2 aromatic heterocycles. The van der Waals surface area contributed by atoms with Crippen LogP contribution in [0.25, 0.3) is 11.2 Å². The number of nitrogens with two attached hydrogens (primary N) is 1. The van der Waals surface area contributed by atoms with E-state index in [1.54, 1.807) is 0 Å². The average molecular weight is 296 g/mol. The number of hydrogen-bond donors (Lipinski definition) is 1. The highest BCUT2D eigenvalue weighted by Crippen LogP contribution is 2.18. The molecule has 3 rings (SSSR count). The van der Waals surface area contributed by atoms with Gasteiger partial charge in [0.25, 0.3) is 0 Å². The summed E-state index contributed by atoms with van der Waals surface area (Å²) in [5, 5.41) is 0. The van der Waals surface area contributed by atoms with Crippen molar-refractivity contribution in [1.29, 1.82) is 0 Å². The molecule has 0 fully saturated rings. The van der Waals surface area contributed by atoms with E-state index in [1.807, 2.05) is 49.5 Å². The summed E-state index contributed by atoms with van der Waals surface area (Å²) in [6.45, 7) is 3.89.